The van der Waals surface area contributed by atoms with Gasteiger partial charge in [0.25, 0.3) is 0 Å². The number of aromatic hydroxyl groups is 1. The summed E-state index contributed by atoms with van der Waals surface area (Å²) in [7, 11) is 0. The maximum absolute atomic E-state index is 11.1. The van der Waals surface area contributed by atoms with E-state index in [1.807, 2.05) is 24.3 Å². The third-order valence-corrected chi connectivity index (χ3v) is 4.89. The molecule has 3 rings (SSSR count). The lowest BCUT2D eigenvalue weighted by atomic mass is 9.86. The van der Waals surface area contributed by atoms with Crippen LogP contribution in [0.4, 0.5) is 0 Å². The summed E-state index contributed by atoms with van der Waals surface area (Å²) in [5.74, 6) is -0.650. The Morgan fingerprint density at radius 3 is 1.64 bits per heavy atom. The Hall–Kier alpha value is -2.55. The molecule has 0 radical (unpaired) electrons. The number of phenolic OH excluding ortho intramolecular Hbond substituents is 1. The molecular formula is C22H24O3. The molecule has 0 aliphatic heterocycles. The van der Waals surface area contributed by atoms with Crippen molar-refractivity contribution < 1.29 is 15.0 Å². The number of carboxylic acids is 1. The number of aromatic carboxylic acids is 1. The van der Waals surface area contributed by atoms with Gasteiger partial charge in [0.1, 0.15) is 5.75 Å². The van der Waals surface area contributed by atoms with Crippen LogP contribution in [0.5, 0.6) is 5.75 Å². The fraction of sp³-hybridized carbons (Fsp3) is 0.318. The Morgan fingerprint density at radius 2 is 1.12 bits per heavy atom. The number of rotatable bonds is 3. The average Bonchev–Trinajstić information content (AvgIpc) is 2.59. The topological polar surface area (TPSA) is 57.5 Å². The van der Waals surface area contributed by atoms with Crippen molar-refractivity contribution in [2.45, 2.75) is 44.9 Å². The van der Waals surface area contributed by atoms with Crippen molar-refractivity contribution in [2.24, 2.45) is 0 Å². The monoisotopic (exact) mass is 336 g/mol. The van der Waals surface area contributed by atoms with Gasteiger partial charge in [-0.05, 0) is 66.6 Å². The Bertz CT molecular complexity index is 745. The molecule has 2 aromatic rings. The quantitative estimate of drug-likeness (QED) is 0.763. The largest absolute Gasteiger partial charge is 0.508 e. The SMILES string of the molecule is O=C(O)c1ccc(C(=C2CCCCCCC2)c2ccc(O)cc2)cc1. The Morgan fingerprint density at radius 1 is 0.680 bits per heavy atom. The van der Waals surface area contributed by atoms with Crippen LogP contribution in [0.3, 0.4) is 0 Å². The Labute approximate surface area is 148 Å². The smallest absolute Gasteiger partial charge is 0.335 e. The van der Waals surface area contributed by atoms with Crippen LogP contribution in [-0.4, -0.2) is 16.2 Å². The molecule has 2 aromatic carbocycles. The number of hydrogen-bond donors (Lipinski definition) is 2. The molecule has 3 nitrogen and oxygen atoms in total. The zero-order valence-electron chi connectivity index (χ0n) is 14.4. The van der Waals surface area contributed by atoms with E-state index in [0.29, 0.717) is 5.56 Å². The average molecular weight is 336 g/mol. The maximum Gasteiger partial charge on any atom is 0.335 e. The van der Waals surface area contributed by atoms with Crippen molar-refractivity contribution >= 4 is 11.5 Å². The van der Waals surface area contributed by atoms with Crippen LogP contribution in [0.15, 0.2) is 54.1 Å². The van der Waals surface area contributed by atoms with E-state index in [-0.39, 0.29) is 5.75 Å². The highest BCUT2D eigenvalue weighted by Crippen LogP contribution is 2.34. The van der Waals surface area contributed by atoms with Crippen molar-refractivity contribution in [1.82, 2.24) is 0 Å². The van der Waals surface area contributed by atoms with E-state index in [2.05, 4.69) is 0 Å². The van der Waals surface area contributed by atoms with Crippen molar-refractivity contribution in [3.8, 4) is 5.75 Å². The molecule has 0 unspecified atom stereocenters. The van der Waals surface area contributed by atoms with Crippen LogP contribution in [-0.2, 0) is 0 Å². The normalized spacial score (nSPS) is 15.3. The fourth-order valence-electron chi connectivity index (χ4n) is 3.56. The maximum atomic E-state index is 11.1. The lowest BCUT2D eigenvalue weighted by molar-refractivity contribution is 0.0697. The lowest BCUT2D eigenvalue weighted by Gasteiger charge is -2.19. The van der Waals surface area contributed by atoms with Gasteiger partial charge in [-0.15, -0.1) is 0 Å². The Balaban J connectivity index is 2.07. The van der Waals surface area contributed by atoms with Gasteiger partial charge in [0, 0.05) is 0 Å². The fourth-order valence-corrected chi connectivity index (χ4v) is 3.56. The molecule has 3 heteroatoms. The molecular weight excluding hydrogens is 312 g/mol. The zero-order chi connectivity index (χ0) is 17.6. The molecule has 1 fully saturated rings. The predicted molar refractivity (Wildman–Crippen MR) is 99.8 cm³/mol. The number of benzene rings is 2. The summed E-state index contributed by atoms with van der Waals surface area (Å²) in [5, 5.41) is 18.8. The molecule has 130 valence electrons. The van der Waals surface area contributed by atoms with Crippen LogP contribution >= 0.6 is 0 Å². The van der Waals surface area contributed by atoms with E-state index >= 15 is 0 Å². The summed E-state index contributed by atoms with van der Waals surface area (Å²) in [6.45, 7) is 0. The molecule has 0 saturated heterocycles. The molecule has 0 spiro atoms. The van der Waals surface area contributed by atoms with Gasteiger partial charge in [0.2, 0.25) is 0 Å². The number of hydrogen-bond acceptors (Lipinski definition) is 2. The number of allylic oxidation sites excluding steroid dienone is 1. The first kappa shape index (κ1) is 17.3. The van der Waals surface area contributed by atoms with Gasteiger partial charge >= 0.3 is 5.97 Å². The van der Waals surface area contributed by atoms with Gasteiger partial charge in [-0.2, -0.15) is 0 Å². The summed E-state index contributed by atoms with van der Waals surface area (Å²) in [5.41, 5.74) is 5.06. The molecule has 0 amide bonds. The minimum Gasteiger partial charge on any atom is -0.508 e. The lowest BCUT2D eigenvalue weighted by Crippen LogP contribution is -2.00. The minimum absolute atomic E-state index is 0.256. The van der Waals surface area contributed by atoms with Crippen molar-refractivity contribution in [3.05, 3.63) is 70.8 Å². The van der Waals surface area contributed by atoms with Gasteiger partial charge in [-0.25, -0.2) is 4.79 Å². The van der Waals surface area contributed by atoms with Gasteiger partial charge < -0.3 is 10.2 Å². The molecule has 25 heavy (non-hydrogen) atoms. The summed E-state index contributed by atoms with van der Waals surface area (Å²) in [4.78, 5) is 11.1. The molecule has 0 bridgehead atoms. The van der Waals surface area contributed by atoms with Crippen molar-refractivity contribution in [2.75, 3.05) is 0 Å². The summed E-state index contributed by atoms with van der Waals surface area (Å²) in [6.07, 6.45) is 8.41. The van der Waals surface area contributed by atoms with Crippen LogP contribution in [0.1, 0.15) is 66.4 Å². The highest BCUT2D eigenvalue weighted by atomic mass is 16.4. The predicted octanol–water partition coefficient (Wildman–Crippen LogP) is 5.64. The standard InChI is InChI=1S/C22H24O3/c23-20-14-12-18(13-15-20)21(16-6-4-2-1-3-5-7-16)17-8-10-19(11-9-17)22(24)25/h8-15,23H,1-7H2,(H,24,25). The summed E-state index contributed by atoms with van der Waals surface area (Å²) in [6, 6.07) is 14.5. The molecule has 1 saturated carbocycles. The van der Waals surface area contributed by atoms with E-state index in [4.69, 9.17) is 5.11 Å². The summed E-state index contributed by atoms with van der Waals surface area (Å²) >= 11 is 0. The second-order valence-electron chi connectivity index (χ2n) is 6.68. The van der Waals surface area contributed by atoms with E-state index in [0.717, 1.165) is 24.0 Å². The van der Waals surface area contributed by atoms with E-state index in [9.17, 15) is 9.90 Å². The van der Waals surface area contributed by atoms with E-state index in [1.54, 1.807) is 24.3 Å². The van der Waals surface area contributed by atoms with Gasteiger partial charge in [0.05, 0.1) is 5.56 Å². The highest BCUT2D eigenvalue weighted by Gasteiger charge is 2.14. The first-order valence-corrected chi connectivity index (χ1v) is 9.00. The molecule has 2 N–H and O–H groups in total. The third-order valence-electron chi connectivity index (χ3n) is 4.89. The van der Waals surface area contributed by atoms with Crippen molar-refractivity contribution in [1.29, 1.82) is 0 Å². The first-order valence-electron chi connectivity index (χ1n) is 9.00. The van der Waals surface area contributed by atoms with Crippen molar-refractivity contribution in [3.63, 3.8) is 0 Å². The number of phenols is 1. The second kappa shape index (κ2) is 8.02. The molecule has 0 atom stereocenters. The first-order chi connectivity index (χ1) is 12.1. The third kappa shape index (κ3) is 4.30. The van der Waals surface area contributed by atoms with Crippen LogP contribution in [0, 0.1) is 0 Å². The second-order valence-corrected chi connectivity index (χ2v) is 6.68. The van der Waals surface area contributed by atoms with Crippen LogP contribution < -0.4 is 0 Å². The van der Waals surface area contributed by atoms with Gasteiger partial charge in [0.15, 0.2) is 0 Å². The molecule has 1 aliphatic carbocycles. The van der Waals surface area contributed by atoms with E-state index < -0.39 is 5.97 Å². The number of carbonyl (C=O) groups is 1. The van der Waals surface area contributed by atoms with Crippen LogP contribution in [0.25, 0.3) is 5.57 Å². The minimum atomic E-state index is -0.906. The van der Waals surface area contributed by atoms with Crippen LogP contribution in [0.2, 0.25) is 0 Å². The number of carboxylic acid groups (broad SMARTS) is 1. The van der Waals surface area contributed by atoms with Gasteiger partial charge in [-0.3, -0.25) is 0 Å². The highest BCUT2D eigenvalue weighted by molar-refractivity contribution is 5.89. The molecule has 1 aliphatic rings. The summed E-state index contributed by atoms with van der Waals surface area (Å²) < 4.78 is 0. The van der Waals surface area contributed by atoms with E-state index in [1.165, 1.54) is 43.3 Å². The Kier molecular flexibility index (Phi) is 5.54. The molecule has 0 heterocycles. The van der Waals surface area contributed by atoms with Gasteiger partial charge in [-0.1, -0.05) is 49.1 Å². The molecule has 0 aromatic heterocycles. The zero-order valence-corrected chi connectivity index (χ0v) is 14.4.